The van der Waals surface area contributed by atoms with Crippen LogP contribution < -0.4 is 4.72 Å². The van der Waals surface area contributed by atoms with Gasteiger partial charge in [0.05, 0.1) is 12.2 Å². The summed E-state index contributed by atoms with van der Waals surface area (Å²) in [7, 11) is -4.36. The Balaban J connectivity index is 3.07. The number of nitrogens with one attached hydrogen (secondary N) is 1. The number of carbonyl (C=O) groups is 1. The van der Waals surface area contributed by atoms with E-state index in [1.807, 2.05) is 4.72 Å². The number of benzene rings is 1. The van der Waals surface area contributed by atoms with E-state index in [4.69, 9.17) is 9.84 Å². The molecule has 0 aromatic heterocycles. The van der Waals surface area contributed by atoms with Crippen molar-refractivity contribution in [2.24, 2.45) is 0 Å². The van der Waals surface area contributed by atoms with Crippen molar-refractivity contribution in [1.82, 2.24) is 4.72 Å². The summed E-state index contributed by atoms with van der Waals surface area (Å²) in [6, 6.07) is 0.973. The Bertz CT molecular complexity index is 603. The Morgan fingerprint density at radius 2 is 2.05 bits per heavy atom. The molecule has 6 nitrogen and oxygen atoms in total. The highest BCUT2D eigenvalue weighted by molar-refractivity contribution is 7.89. The molecule has 0 fully saturated rings. The van der Waals surface area contributed by atoms with E-state index in [9.17, 15) is 22.0 Å². The number of rotatable bonds is 7. The number of ether oxygens (including phenoxy) is 1. The van der Waals surface area contributed by atoms with Crippen molar-refractivity contribution >= 4 is 16.0 Å². The quantitative estimate of drug-likeness (QED) is 0.732. The minimum absolute atomic E-state index is 0.0540. The van der Waals surface area contributed by atoms with Gasteiger partial charge in [-0.3, -0.25) is 0 Å². The van der Waals surface area contributed by atoms with Crippen molar-refractivity contribution in [3.8, 4) is 0 Å². The third kappa shape index (κ3) is 3.95. The molecule has 0 unspecified atom stereocenters. The third-order valence-corrected chi connectivity index (χ3v) is 3.73. The van der Waals surface area contributed by atoms with E-state index in [2.05, 4.69) is 0 Å². The van der Waals surface area contributed by atoms with Crippen LogP contribution in [-0.2, 0) is 14.8 Å². The van der Waals surface area contributed by atoms with Crippen molar-refractivity contribution in [2.45, 2.75) is 11.8 Å². The van der Waals surface area contributed by atoms with Crippen LogP contribution in [-0.4, -0.2) is 39.3 Å². The molecule has 9 heteroatoms. The summed E-state index contributed by atoms with van der Waals surface area (Å²) in [4.78, 5) is 9.67. The fraction of sp³-hybridized carbons (Fsp3) is 0.364. The first-order chi connectivity index (χ1) is 9.29. The molecule has 112 valence electrons. The first-order valence-corrected chi connectivity index (χ1v) is 7.07. The Labute approximate surface area is 114 Å². The molecule has 1 aromatic rings. The standard InChI is InChI=1S/C11H13F2NO5S/c1-2-19-4-3-14-20(17,18)9-6-7(11(15)16)5-8(12)10(9)13/h5-6,14H,2-4H2,1H3,(H,15,16). The summed E-state index contributed by atoms with van der Waals surface area (Å²) in [5.41, 5.74) is -0.658. The molecule has 0 aliphatic carbocycles. The lowest BCUT2D eigenvalue weighted by atomic mass is 10.2. The normalized spacial score (nSPS) is 11.6. The number of hydrogen-bond donors (Lipinski definition) is 2. The van der Waals surface area contributed by atoms with Gasteiger partial charge in [0, 0.05) is 13.2 Å². The van der Waals surface area contributed by atoms with E-state index in [1.54, 1.807) is 6.92 Å². The van der Waals surface area contributed by atoms with Crippen LogP contribution >= 0.6 is 0 Å². The van der Waals surface area contributed by atoms with Crippen molar-refractivity contribution in [3.05, 3.63) is 29.3 Å². The van der Waals surface area contributed by atoms with Crippen LogP contribution in [0.1, 0.15) is 17.3 Å². The maximum atomic E-state index is 13.5. The second kappa shape index (κ2) is 6.73. The average Bonchev–Trinajstić information content (AvgIpc) is 2.37. The second-order valence-corrected chi connectivity index (χ2v) is 5.41. The van der Waals surface area contributed by atoms with Gasteiger partial charge in [-0.15, -0.1) is 0 Å². The molecule has 20 heavy (non-hydrogen) atoms. The Morgan fingerprint density at radius 1 is 1.40 bits per heavy atom. The van der Waals surface area contributed by atoms with E-state index in [0.717, 1.165) is 0 Å². The number of carboxylic acids is 1. The molecule has 1 aromatic carbocycles. The van der Waals surface area contributed by atoms with Gasteiger partial charge in [0.15, 0.2) is 11.6 Å². The van der Waals surface area contributed by atoms with Gasteiger partial charge in [0.1, 0.15) is 4.90 Å². The summed E-state index contributed by atoms with van der Waals surface area (Å²) >= 11 is 0. The van der Waals surface area contributed by atoms with Gasteiger partial charge in [-0.05, 0) is 19.1 Å². The van der Waals surface area contributed by atoms with Gasteiger partial charge in [0.25, 0.3) is 0 Å². The fourth-order valence-corrected chi connectivity index (χ4v) is 2.48. The molecular weight excluding hydrogens is 296 g/mol. The van der Waals surface area contributed by atoms with E-state index < -0.39 is 38.1 Å². The van der Waals surface area contributed by atoms with Crippen LogP contribution in [0.4, 0.5) is 8.78 Å². The minimum Gasteiger partial charge on any atom is -0.478 e. The van der Waals surface area contributed by atoms with Crippen LogP contribution in [0, 0.1) is 11.6 Å². The predicted octanol–water partition coefficient (Wildman–Crippen LogP) is 0.978. The van der Waals surface area contributed by atoms with Crippen molar-refractivity contribution in [2.75, 3.05) is 19.8 Å². The SMILES string of the molecule is CCOCCNS(=O)(=O)c1cc(C(=O)O)cc(F)c1F. The molecule has 0 saturated heterocycles. The number of aromatic carboxylic acids is 1. The minimum atomic E-state index is -4.36. The van der Waals surface area contributed by atoms with Gasteiger partial charge < -0.3 is 9.84 Å². The van der Waals surface area contributed by atoms with E-state index in [-0.39, 0.29) is 13.2 Å². The van der Waals surface area contributed by atoms with Crippen LogP contribution in [0.2, 0.25) is 0 Å². The summed E-state index contributed by atoms with van der Waals surface area (Å²) in [6.45, 7) is 1.99. The Kier molecular flexibility index (Phi) is 5.54. The molecule has 0 amide bonds. The molecule has 0 aliphatic heterocycles. The van der Waals surface area contributed by atoms with Crippen molar-refractivity contribution < 1.29 is 31.8 Å². The number of halogens is 2. The molecule has 2 N–H and O–H groups in total. The van der Waals surface area contributed by atoms with Crippen molar-refractivity contribution in [1.29, 1.82) is 0 Å². The Morgan fingerprint density at radius 3 is 2.60 bits per heavy atom. The summed E-state index contributed by atoms with van der Waals surface area (Å²) in [5.74, 6) is -4.73. The fourth-order valence-electron chi connectivity index (χ4n) is 1.35. The molecule has 0 spiro atoms. The molecule has 0 aliphatic rings. The zero-order valence-electron chi connectivity index (χ0n) is 10.5. The number of hydrogen-bond acceptors (Lipinski definition) is 4. The molecule has 1 rings (SSSR count). The largest absolute Gasteiger partial charge is 0.478 e. The summed E-state index contributed by atoms with van der Waals surface area (Å²) in [6.07, 6.45) is 0. The monoisotopic (exact) mass is 309 g/mol. The lowest BCUT2D eigenvalue weighted by Crippen LogP contribution is -2.28. The zero-order chi connectivity index (χ0) is 15.3. The van der Waals surface area contributed by atoms with Gasteiger partial charge in [-0.25, -0.2) is 26.7 Å². The molecule has 0 saturated carbocycles. The predicted molar refractivity (Wildman–Crippen MR) is 65.0 cm³/mol. The first kappa shape index (κ1) is 16.5. The topological polar surface area (TPSA) is 92.7 Å². The first-order valence-electron chi connectivity index (χ1n) is 5.59. The van der Waals surface area contributed by atoms with Gasteiger partial charge in [-0.2, -0.15) is 0 Å². The molecule has 0 radical (unpaired) electrons. The second-order valence-electron chi connectivity index (χ2n) is 3.67. The van der Waals surface area contributed by atoms with Gasteiger partial charge in [0.2, 0.25) is 10.0 Å². The highest BCUT2D eigenvalue weighted by atomic mass is 32.2. The maximum absolute atomic E-state index is 13.5. The third-order valence-electron chi connectivity index (χ3n) is 2.27. The van der Waals surface area contributed by atoms with Crippen LogP contribution in [0.5, 0.6) is 0 Å². The lowest BCUT2D eigenvalue weighted by Gasteiger charge is -2.09. The summed E-state index contributed by atoms with van der Waals surface area (Å²) < 4.78 is 57.2. The zero-order valence-corrected chi connectivity index (χ0v) is 11.3. The molecular formula is C11H13F2NO5S. The summed E-state index contributed by atoms with van der Waals surface area (Å²) in [5, 5.41) is 8.71. The average molecular weight is 309 g/mol. The molecule has 0 bridgehead atoms. The van der Waals surface area contributed by atoms with Gasteiger partial charge in [-0.1, -0.05) is 0 Å². The number of carboxylic acid groups (broad SMARTS) is 1. The smallest absolute Gasteiger partial charge is 0.335 e. The molecule has 0 atom stereocenters. The van der Waals surface area contributed by atoms with E-state index >= 15 is 0 Å². The van der Waals surface area contributed by atoms with Crippen molar-refractivity contribution in [3.63, 3.8) is 0 Å². The van der Waals surface area contributed by atoms with E-state index in [1.165, 1.54) is 0 Å². The maximum Gasteiger partial charge on any atom is 0.335 e. The lowest BCUT2D eigenvalue weighted by molar-refractivity contribution is 0.0696. The molecule has 0 heterocycles. The Hall–Kier alpha value is -1.58. The van der Waals surface area contributed by atoms with E-state index in [0.29, 0.717) is 18.7 Å². The van der Waals surface area contributed by atoms with Gasteiger partial charge >= 0.3 is 5.97 Å². The number of sulfonamides is 1. The van der Waals surface area contributed by atoms with Crippen LogP contribution in [0.15, 0.2) is 17.0 Å². The van der Waals surface area contributed by atoms with Crippen LogP contribution in [0.3, 0.4) is 0 Å². The highest BCUT2D eigenvalue weighted by Gasteiger charge is 2.24. The van der Waals surface area contributed by atoms with Crippen LogP contribution in [0.25, 0.3) is 0 Å². The highest BCUT2D eigenvalue weighted by Crippen LogP contribution is 2.19.